The molecular formula is C23H30FN3O2. The van der Waals surface area contributed by atoms with Gasteiger partial charge in [0.25, 0.3) is 0 Å². The molecule has 1 atom stereocenters. The average Bonchev–Trinajstić information content (AvgIpc) is 2.73. The van der Waals surface area contributed by atoms with Crippen LogP contribution in [0.15, 0.2) is 48.5 Å². The summed E-state index contributed by atoms with van der Waals surface area (Å²) in [6, 6.07) is 14.3. The number of ether oxygens (including phenoxy) is 1. The number of hydrogen-bond acceptors (Lipinski definition) is 4. The standard InChI is InChI=1S/C23H30FN3O2/c1-18(19-3-5-20(24)6-4-19)17-23(28)25-21-7-9-22(10-8-21)27-13-11-26(12-14-27)15-16-29-2/h3-10,18H,11-17H2,1-2H3,(H,25,28). The van der Waals surface area contributed by atoms with Gasteiger partial charge in [-0.1, -0.05) is 19.1 Å². The average molecular weight is 400 g/mol. The van der Waals surface area contributed by atoms with E-state index in [0.29, 0.717) is 6.42 Å². The van der Waals surface area contributed by atoms with Crippen molar-refractivity contribution in [3.63, 3.8) is 0 Å². The van der Waals surface area contributed by atoms with Gasteiger partial charge in [0.05, 0.1) is 6.61 Å². The van der Waals surface area contributed by atoms with Crippen molar-refractivity contribution >= 4 is 17.3 Å². The lowest BCUT2D eigenvalue weighted by atomic mass is 9.97. The zero-order valence-electron chi connectivity index (χ0n) is 17.2. The first-order chi connectivity index (χ1) is 14.0. The van der Waals surface area contributed by atoms with E-state index < -0.39 is 0 Å². The molecule has 1 saturated heterocycles. The Labute approximate surface area is 172 Å². The summed E-state index contributed by atoms with van der Waals surface area (Å²) in [5.74, 6) is -0.271. The molecule has 5 nitrogen and oxygen atoms in total. The topological polar surface area (TPSA) is 44.8 Å². The molecular weight excluding hydrogens is 369 g/mol. The molecule has 2 aromatic carbocycles. The number of amides is 1. The third-order valence-electron chi connectivity index (χ3n) is 5.43. The molecule has 1 aliphatic heterocycles. The van der Waals surface area contributed by atoms with Crippen molar-refractivity contribution in [1.82, 2.24) is 4.90 Å². The quantitative estimate of drug-likeness (QED) is 0.735. The molecule has 1 amide bonds. The van der Waals surface area contributed by atoms with Crippen LogP contribution >= 0.6 is 0 Å². The number of rotatable bonds is 8. The predicted molar refractivity (Wildman–Crippen MR) is 115 cm³/mol. The minimum atomic E-state index is -0.262. The molecule has 0 aromatic heterocycles. The molecule has 3 rings (SSSR count). The lowest BCUT2D eigenvalue weighted by Gasteiger charge is -2.36. The van der Waals surface area contributed by atoms with Crippen LogP contribution in [0.2, 0.25) is 0 Å². The van der Waals surface area contributed by atoms with Gasteiger partial charge in [0.15, 0.2) is 0 Å². The maximum Gasteiger partial charge on any atom is 0.224 e. The van der Waals surface area contributed by atoms with Crippen molar-refractivity contribution in [3.8, 4) is 0 Å². The Morgan fingerprint density at radius 1 is 1.07 bits per heavy atom. The van der Waals surface area contributed by atoms with E-state index in [1.807, 2.05) is 19.1 Å². The highest BCUT2D eigenvalue weighted by atomic mass is 19.1. The number of halogens is 1. The van der Waals surface area contributed by atoms with Crippen LogP contribution in [0.25, 0.3) is 0 Å². The van der Waals surface area contributed by atoms with E-state index in [4.69, 9.17) is 4.74 Å². The summed E-state index contributed by atoms with van der Waals surface area (Å²) in [4.78, 5) is 17.1. The first kappa shape index (κ1) is 21.3. The predicted octanol–water partition coefficient (Wildman–Crippen LogP) is 3.73. The second-order valence-corrected chi connectivity index (χ2v) is 7.57. The van der Waals surface area contributed by atoms with Crippen LogP contribution in [0.5, 0.6) is 0 Å². The van der Waals surface area contributed by atoms with Gasteiger partial charge in [0.1, 0.15) is 5.82 Å². The van der Waals surface area contributed by atoms with E-state index in [9.17, 15) is 9.18 Å². The Balaban J connectivity index is 1.47. The minimum absolute atomic E-state index is 0.0317. The van der Waals surface area contributed by atoms with Crippen LogP contribution in [0.3, 0.4) is 0 Å². The number of anilines is 2. The van der Waals surface area contributed by atoms with E-state index >= 15 is 0 Å². The Bertz CT molecular complexity index is 772. The lowest BCUT2D eigenvalue weighted by Crippen LogP contribution is -2.47. The number of carbonyl (C=O) groups excluding carboxylic acids is 1. The summed E-state index contributed by atoms with van der Waals surface area (Å²) in [7, 11) is 1.74. The van der Waals surface area contributed by atoms with Crippen LogP contribution < -0.4 is 10.2 Å². The van der Waals surface area contributed by atoms with Gasteiger partial charge in [-0.25, -0.2) is 4.39 Å². The molecule has 1 N–H and O–H groups in total. The third kappa shape index (κ3) is 6.27. The van der Waals surface area contributed by atoms with Gasteiger partial charge in [-0.05, 0) is 47.9 Å². The number of hydrogen-bond donors (Lipinski definition) is 1. The van der Waals surface area contributed by atoms with Crippen LogP contribution in [0.4, 0.5) is 15.8 Å². The van der Waals surface area contributed by atoms with Gasteiger partial charge in [0, 0.05) is 57.6 Å². The first-order valence-corrected chi connectivity index (χ1v) is 10.2. The molecule has 1 aliphatic rings. The molecule has 1 fully saturated rings. The van der Waals surface area contributed by atoms with Crippen LogP contribution in [-0.4, -0.2) is 57.2 Å². The highest BCUT2D eigenvalue weighted by Crippen LogP contribution is 2.22. The molecule has 0 aliphatic carbocycles. The van der Waals surface area contributed by atoms with E-state index in [-0.39, 0.29) is 17.6 Å². The fourth-order valence-electron chi connectivity index (χ4n) is 3.60. The zero-order chi connectivity index (χ0) is 20.6. The lowest BCUT2D eigenvalue weighted by molar-refractivity contribution is -0.116. The van der Waals surface area contributed by atoms with Crippen LogP contribution in [0.1, 0.15) is 24.8 Å². The van der Waals surface area contributed by atoms with Crippen LogP contribution in [0, 0.1) is 5.82 Å². The Hall–Kier alpha value is -2.44. The largest absolute Gasteiger partial charge is 0.383 e. The van der Waals surface area contributed by atoms with E-state index in [2.05, 4.69) is 27.2 Å². The highest BCUT2D eigenvalue weighted by Gasteiger charge is 2.17. The Morgan fingerprint density at radius 2 is 1.72 bits per heavy atom. The molecule has 1 heterocycles. The van der Waals surface area contributed by atoms with Crippen LogP contribution in [-0.2, 0) is 9.53 Å². The van der Waals surface area contributed by atoms with E-state index in [1.165, 1.54) is 17.8 Å². The number of piperazine rings is 1. The van der Waals surface area contributed by atoms with Crippen molar-refractivity contribution < 1.29 is 13.9 Å². The molecule has 2 aromatic rings. The number of nitrogens with zero attached hydrogens (tertiary/aromatic N) is 2. The molecule has 29 heavy (non-hydrogen) atoms. The van der Waals surface area contributed by atoms with Crippen molar-refractivity contribution in [1.29, 1.82) is 0 Å². The first-order valence-electron chi connectivity index (χ1n) is 10.2. The van der Waals surface area contributed by atoms with Gasteiger partial charge in [0.2, 0.25) is 5.91 Å². The third-order valence-corrected chi connectivity index (χ3v) is 5.43. The van der Waals surface area contributed by atoms with E-state index in [0.717, 1.165) is 50.6 Å². The summed E-state index contributed by atoms with van der Waals surface area (Å²) in [5, 5.41) is 2.96. The number of benzene rings is 2. The van der Waals surface area contributed by atoms with Gasteiger partial charge >= 0.3 is 0 Å². The smallest absolute Gasteiger partial charge is 0.224 e. The zero-order valence-corrected chi connectivity index (χ0v) is 17.2. The summed E-state index contributed by atoms with van der Waals surface area (Å²) in [6.07, 6.45) is 0.358. The molecule has 0 radical (unpaired) electrons. The molecule has 0 bridgehead atoms. The fraction of sp³-hybridized carbons (Fsp3) is 0.435. The second kappa shape index (κ2) is 10.4. The van der Waals surface area contributed by atoms with Crippen molar-refractivity contribution in [3.05, 3.63) is 59.9 Å². The van der Waals surface area contributed by atoms with Gasteiger partial charge in [-0.15, -0.1) is 0 Å². The van der Waals surface area contributed by atoms with E-state index in [1.54, 1.807) is 19.2 Å². The van der Waals surface area contributed by atoms with Gasteiger partial charge < -0.3 is 15.0 Å². The number of nitrogens with one attached hydrogen (secondary N) is 1. The molecule has 0 saturated carbocycles. The summed E-state index contributed by atoms with van der Waals surface area (Å²) < 4.78 is 18.2. The monoisotopic (exact) mass is 399 g/mol. The fourth-order valence-corrected chi connectivity index (χ4v) is 3.60. The molecule has 1 unspecified atom stereocenters. The van der Waals surface area contributed by atoms with Crippen molar-refractivity contribution in [2.45, 2.75) is 19.3 Å². The minimum Gasteiger partial charge on any atom is -0.383 e. The maximum absolute atomic E-state index is 13.0. The number of methoxy groups -OCH3 is 1. The second-order valence-electron chi connectivity index (χ2n) is 7.57. The normalized spacial score (nSPS) is 15.9. The highest BCUT2D eigenvalue weighted by molar-refractivity contribution is 5.91. The molecule has 0 spiro atoms. The molecule has 156 valence electrons. The summed E-state index contributed by atoms with van der Waals surface area (Å²) in [6.45, 7) is 7.77. The number of carbonyl (C=O) groups is 1. The molecule has 6 heteroatoms. The van der Waals surface area contributed by atoms with Gasteiger partial charge in [-0.2, -0.15) is 0 Å². The maximum atomic E-state index is 13.0. The summed E-state index contributed by atoms with van der Waals surface area (Å²) in [5.41, 5.74) is 2.93. The van der Waals surface area contributed by atoms with Crippen molar-refractivity contribution in [2.75, 3.05) is 56.7 Å². The Kier molecular flexibility index (Phi) is 7.61. The van der Waals surface area contributed by atoms with Gasteiger partial charge in [-0.3, -0.25) is 9.69 Å². The summed E-state index contributed by atoms with van der Waals surface area (Å²) >= 11 is 0. The Morgan fingerprint density at radius 3 is 2.34 bits per heavy atom. The SMILES string of the molecule is COCCN1CCN(c2ccc(NC(=O)CC(C)c3ccc(F)cc3)cc2)CC1. The van der Waals surface area contributed by atoms with Crippen molar-refractivity contribution in [2.24, 2.45) is 0 Å².